The van der Waals surface area contributed by atoms with E-state index in [0.717, 1.165) is 42.3 Å². The van der Waals surface area contributed by atoms with Crippen LogP contribution in [0.15, 0.2) is 22.7 Å². The number of aryl methyl sites for hydroxylation is 1. The highest BCUT2D eigenvalue weighted by Crippen LogP contribution is 2.43. The monoisotopic (exact) mass is 336 g/mol. The Bertz CT molecular complexity index is 518. The van der Waals surface area contributed by atoms with E-state index in [1.54, 1.807) is 0 Å². The summed E-state index contributed by atoms with van der Waals surface area (Å²) in [6.45, 7) is 2.78. The molecule has 1 aromatic rings. The summed E-state index contributed by atoms with van der Waals surface area (Å²) < 4.78 is 6.95. The first-order chi connectivity index (χ1) is 9.60. The van der Waals surface area contributed by atoms with Crippen molar-refractivity contribution in [2.75, 3.05) is 6.61 Å². The molecule has 1 atom stereocenters. The standard InChI is InChI=1S/C17H21BrO2/c1-12-4-5-14(15(18)10-12)16(19)13-6-9-20-17(11-13)7-2-3-8-17/h4-5,10,13H,2-3,6-9,11H2,1H3. The first kappa shape index (κ1) is 14.3. The maximum absolute atomic E-state index is 12.8. The van der Waals surface area contributed by atoms with Crippen LogP contribution in [0, 0.1) is 12.8 Å². The van der Waals surface area contributed by atoms with E-state index in [1.807, 2.05) is 25.1 Å². The molecule has 20 heavy (non-hydrogen) atoms. The number of ether oxygens (including phenoxy) is 1. The molecule has 3 heteroatoms. The van der Waals surface area contributed by atoms with Gasteiger partial charge in [-0.1, -0.05) is 34.8 Å². The van der Waals surface area contributed by atoms with E-state index in [9.17, 15) is 4.79 Å². The predicted molar refractivity (Wildman–Crippen MR) is 83.1 cm³/mol. The molecule has 0 N–H and O–H groups in total. The van der Waals surface area contributed by atoms with Gasteiger partial charge in [-0.2, -0.15) is 0 Å². The molecule has 108 valence electrons. The van der Waals surface area contributed by atoms with Crippen molar-refractivity contribution in [2.45, 2.75) is 51.0 Å². The van der Waals surface area contributed by atoms with Gasteiger partial charge in [0.15, 0.2) is 5.78 Å². The minimum atomic E-state index is 0.00967. The zero-order valence-electron chi connectivity index (χ0n) is 12.0. The summed E-state index contributed by atoms with van der Waals surface area (Å²) in [4.78, 5) is 12.8. The van der Waals surface area contributed by atoms with Gasteiger partial charge in [0.05, 0.1) is 5.60 Å². The van der Waals surface area contributed by atoms with Crippen LogP contribution in [-0.2, 0) is 4.74 Å². The molecule has 1 saturated heterocycles. The fourth-order valence-electron chi connectivity index (χ4n) is 3.66. The largest absolute Gasteiger partial charge is 0.375 e. The van der Waals surface area contributed by atoms with Gasteiger partial charge >= 0.3 is 0 Å². The Morgan fingerprint density at radius 3 is 2.80 bits per heavy atom. The van der Waals surface area contributed by atoms with Crippen LogP contribution in [0.3, 0.4) is 0 Å². The number of ketones is 1. The fourth-order valence-corrected chi connectivity index (χ4v) is 4.35. The molecule has 0 bridgehead atoms. The number of hydrogen-bond donors (Lipinski definition) is 0. The summed E-state index contributed by atoms with van der Waals surface area (Å²) in [6, 6.07) is 6.00. The summed E-state index contributed by atoms with van der Waals surface area (Å²) in [5.74, 6) is 0.410. The van der Waals surface area contributed by atoms with E-state index in [0.29, 0.717) is 0 Å². The Balaban J connectivity index is 1.79. The molecule has 0 amide bonds. The van der Waals surface area contributed by atoms with Crippen molar-refractivity contribution in [3.8, 4) is 0 Å². The number of hydrogen-bond acceptors (Lipinski definition) is 2. The van der Waals surface area contributed by atoms with Crippen LogP contribution >= 0.6 is 15.9 Å². The molecular weight excluding hydrogens is 316 g/mol. The zero-order chi connectivity index (χ0) is 14.2. The molecule has 1 heterocycles. The fraction of sp³-hybridized carbons (Fsp3) is 0.588. The van der Waals surface area contributed by atoms with E-state index in [1.165, 1.54) is 18.4 Å². The van der Waals surface area contributed by atoms with E-state index in [2.05, 4.69) is 15.9 Å². The maximum Gasteiger partial charge on any atom is 0.167 e. The van der Waals surface area contributed by atoms with Gasteiger partial charge in [-0.25, -0.2) is 0 Å². The first-order valence-corrected chi connectivity index (χ1v) is 8.33. The normalized spacial score (nSPS) is 25.0. The van der Waals surface area contributed by atoms with Crippen molar-refractivity contribution in [3.63, 3.8) is 0 Å². The molecule has 1 saturated carbocycles. The molecule has 1 aromatic carbocycles. The number of benzene rings is 1. The molecule has 1 aliphatic carbocycles. The molecule has 0 aromatic heterocycles. The van der Waals surface area contributed by atoms with Gasteiger partial charge in [-0.05, 0) is 50.3 Å². The Morgan fingerprint density at radius 1 is 1.35 bits per heavy atom. The van der Waals surface area contributed by atoms with Gasteiger partial charge in [0, 0.05) is 22.6 Å². The van der Waals surface area contributed by atoms with Crippen LogP contribution in [0.5, 0.6) is 0 Å². The number of halogens is 1. The predicted octanol–water partition coefficient (Wildman–Crippen LogP) is 4.68. The minimum absolute atomic E-state index is 0.00967. The maximum atomic E-state index is 12.8. The van der Waals surface area contributed by atoms with Crippen LogP contribution in [-0.4, -0.2) is 18.0 Å². The second-order valence-corrected chi connectivity index (χ2v) is 7.13. The highest BCUT2D eigenvalue weighted by molar-refractivity contribution is 9.10. The Labute approximate surface area is 129 Å². The lowest BCUT2D eigenvalue weighted by Crippen LogP contribution is -2.39. The van der Waals surface area contributed by atoms with E-state index >= 15 is 0 Å². The van der Waals surface area contributed by atoms with Crippen molar-refractivity contribution in [3.05, 3.63) is 33.8 Å². The smallest absolute Gasteiger partial charge is 0.167 e. The molecule has 1 aliphatic heterocycles. The van der Waals surface area contributed by atoms with Gasteiger partial charge in [0.25, 0.3) is 0 Å². The van der Waals surface area contributed by atoms with Crippen molar-refractivity contribution in [1.82, 2.24) is 0 Å². The molecule has 2 nitrogen and oxygen atoms in total. The third kappa shape index (κ3) is 2.71. The Hall–Kier alpha value is -0.670. The molecule has 1 spiro atoms. The average Bonchev–Trinajstić information content (AvgIpc) is 2.86. The quantitative estimate of drug-likeness (QED) is 0.733. The first-order valence-electron chi connectivity index (χ1n) is 7.54. The molecule has 2 fully saturated rings. The van der Waals surface area contributed by atoms with Crippen LogP contribution < -0.4 is 0 Å². The molecular formula is C17H21BrO2. The summed E-state index contributed by atoms with van der Waals surface area (Å²) in [5, 5.41) is 0. The SMILES string of the molecule is Cc1ccc(C(=O)C2CCOC3(CCCC3)C2)c(Br)c1. The van der Waals surface area contributed by atoms with Gasteiger partial charge in [0.1, 0.15) is 0 Å². The summed E-state index contributed by atoms with van der Waals surface area (Å²) in [7, 11) is 0. The van der Waals surface area contributed by atoms with Gasteiger partial charge < -0.3 is 4.74 Å². The van der Waals surface area contributed by atoms with E-state index in [4.69, 9.17) is 4.74 Å². The molecule has 2 aliphatic rings. The number of carbonyl (C=O) groups excluding carboxylic acids is 1. The average molecular weight is 337 g/mol. The summed E-state index contributed by atoms with van der Waals surface area (Å²) in [6.07, 6.45) is 6.52. The van der Waals surface area contributed by atoms with Crippen molar-refractivity contribution >= 4 is 21.7 Å². The molecule has 0 radical (unpaired) electrons. The lowest BCUT2D eigenvalue weighted by atomic mass is 9.80. The van der Waals surface area contributed by atoms with Gasteiger partial charge in [-0.3, -0.25) is 4.79 Å². The zero-order valence-corrected chi connectivity index (χ0v) is 13.5. The summed E-state index contributed by atoms with van der Waals surface area (Å²) in [5.41, 5.74) is 2.01. The van der Waals surface area contributed by atoms with Gasteiger partial charge in [-0.15, -0.1) is 0 Å². The second-order valence-electron chi connectivity index (χ2n) is 6.28. The number of Topliss-reactive ketones (excluding diaryl/α,β-unsaturated/α-hetero) is 1. The Morgan fingerprint density at radius 2 is 2.10 bits per heavy atom. The number of rotatable bonds is 2. The minimum Gasteiger partial charge on any atom is -0.375 e. The van der Waals surface area contributed by atoms with Crippen molar-refractivity contribution < 1.29 is 9.53 Å². The van der Waals surface area contributed by atoms with Crippen molar-refractivity contribution in [1.29, 1.82) is 0 Å². The Kier molecular flexibility index (Phi) is 4.00. The highest BCUT2D eigenvalue weighted by Gasteiger charge is 2.42. The van der Waals surface area contributed by atoms with Crippen LogP contribution in [0.1, 0.15) is 54.4 Å². The third-order valence-electron chi connectivity index (χ3n) is 4.77. The summed E-state index contributed by atoms with van der Waals surface area (Å²) >= 11 is 3.54. The van der Waals surface area contributed by atoms with E-state index < -0.39 is 0 Å². The lowest BCUT2D eigenvalue weighted by molar-refractivity contribution is -0.0866. The van der Waals surface area contributed by atoms with Crippen LogP contribution in [0.2, 0.25) is 0 Å². The third-order valence-corrected chi connectivity index (χ3v) is 5.42. The van der Waals surface area contributed by atoms with Crippen LogP contribution in [0.4, 0.5) is 0 Å². The molecule has 3 rings (SSSR count). The number of carbonyl (C=O) groups is 1. The molecule has 1 unspecified atom stereocenters. The second kappa shape index (κ2) is 5.61. The lowest BCUT2D eigenvalue weighted by Gasteiger charge is -2.37. The van der Waals surface area contributed by atoms with Crippen LogP contribution in [0.25, 0.3) is 0 Å². The van der Waals surface area contributed by atoms with E-state index in [-0.39, 0.29) is 17.3 Å². The topological polar surface area (TPSA) is 26.3 Å². The van der Waals surface area contributed by atoms with Crippen molar-refractivity contribution in [2.24, 2.45) is 5.92 Å². The van der Waals surface area contributed by atoms with Gasteiger partial charge in [0.2, 0.25) is 0 Å². The highest BCUT2D eigenvalue weighted by atomic mass is 79.9.